The Labute approximate surface area is 98.8 Å². The Morgan fingerprint density at radius 3 is 2.62 bits per heavy atom. The van der Waals surface area contributed by atoms with Gasteiger partial charge >= 0.3 is 6.18 Å². The lowest BCUT2D eigenvalue weighted by molar-refractivity contribution is -0.132. The van der Waals surface area contributed by atoms with Gasteiger partial charge in [-0.05, 0) is 15.9 Å². The molecule has 1 aromatic heterocycles. The summed E-state index contributed by atoms with van der Waals surface area (Å²) in [5.74, 6) is 0.542. The molecule has 1 aromatic rings. The van der Waals surface area contributed by atoms with Crippen LogP contribution in [0.4, 0.5) is 24.8 Å². The van der Waals surface area contributed by atoms with Gasteiger partial charge < -0.3 is 10.6 Å². The minimum atomic E-state index is -4.18. The molecule has 0 aliphatic carbocycles. The molecule has 0 saturated carbocycles. The van der Waals surface area contributed by atoms with Crippen LogP contribution in [0, 0.1) is 0 Å². The predicted octanol–water partition coefficient (Wildman–Crippen LogP) is 2.21. The zero-order valence-electron chi connectivity index (χ0n) is 8.42. The highest BCUT2D eigenvalue weighted by Crippen LogP contribution is 2.28. The number of hydrogen-bond acceptors (Lipinski definition) is 4. The van der Waals surface area contributed by atoms with Crippen LogP contribution in [-0.2, 0) is 0 Å². The maximum Gasteiger partial charge on any atom is 0.390 e. The molecule has 1 heterocycles. The topological polar surface area (TPSA) is 55.0 Å². The Morgan fingerprint density at radius 2 is 2.06 bits per heavy atom. The average Bonchev–Trinajstić information content (AvgIpc) is 2.17. The number of hydrogen-bond donors (Lipinski definition) is 1. The fourth-order valence-corrected chi connectivity index (χ4v) is 1.55. The van der Waals surface area contributed by atoms with Gasteiger partial charge in [0.1, 0.15) is 22.4 Å². The summed E-state index contributed by atoms with van der Waals surface area (Å²) in [6.45, 7) is -0.182. The minimum Gasteiger partial charge on any atom is -0.383 e. The second-order valence-corrected chi connectivity index (χ2v) is 3.98. The molecule has 0 fully saturated rings. The van der Waals surface area contributed by atoms with Gasteiger partial charge in [-0.1, -0.05) is 0 Å². The predicted molar refractivity (Wildman–Crippen MR) is 58.1 cm³/mol. The first-order valence-corrected chi connectivity index (χ1v) is 5.14. The summed E-state index contributed by atoms with van der Waals surface area (Å²) >= 11 is 3.13. The van der Waals surface area contributed by atoms with Crippen LogP contribution in [0.2, 0.25) is 0 Å². The van der Waals surface area contributed by atoms with Crippen LogP contribution in [0.25, 0.3) is 0 Å². The molecule has 16 heavy (non-hydrogen) atoms. The summed E-state index contributed by atoms with van der Waals surface area (Å²) in [5.41, 5.74) is 5.49. The summed E-state index contributed by atoms with van der Waals surface area (Å²) in [4.78, 5) is 8.93. The number of aromatic nitrogens is 2. The van der Waals surface area contributed by atoms with Crippen LogP contribution in [0.5, 0.6) is 0 Å². The van der Waals surface area contributed by atoms with Crippen molar-refractivity contribution in [3.63, 3.8) is 0 Å². The maximum absolute atomic E-state index is 12.0. The summed E-state index contributed by atoms with van der Waals surface area (Å²) in [6, 6.07) is 0. The van der Waals surface area contributed by atoms with Crippen LogP contribution in [0.1, 0.15) is 6.42 Å². The highest BCUT2D eigenvalue weighted by molar-refractivity contribution is 9.10. The first-order valence-electron chi connectivity index (χ1n) is 4.35. The molecule has 90 valence electrons. The highest BCUT2D eigenvalue weighted by Gasteiger charge is 2.27. The molecule has 4 nitrogen and oxygen atoms in total. The highest BCUT2D eigenvalue weighted by atomic mass is 79.9. The van der Waals surface area contributed by atoms with Gasteiger partial charge in [0.25, 0.3) is 0 Å². The molecule has 0 bridgehead atoms. The van der Waals surface area contributed by atoms with E-state index in [1.54, 1.807) is 0 Å². The lowest BCUT2D eigenvalue weighted by atomic mass is 10.4. The van der Waals surface area contributed by atoms with E-state index in [-0.39, 0.29) is 12.4 Å². The molecule has 0 atom stereocenters. The first-order chi connectivity index (χ1) is 7.31. The summed E-state index contributed by atoms with van der Waals surface area (Å²) < 4.78 is 36.4. The van der Waals surface area contributed by atoms with E-state index in [1.807, 2.05) is 0 Å². The average molecular weight is 299 g/mol. The Morgan fingerprint density at radius 1 is 1.44 bits per heavy atom. The van der Waals surface area contributed by atoms with E-state index in [0.29, 0.717) is 10.3 Å². The molecule has 2 N–H and O–H groups in total. The monoisotopic (exact) mass is 298 g/mol. The molecule has 0 aliphatic heterocycles. The van der Waals surface area contributed by atoms with Gasteiger partial charge in [-0.15, -0.1) is 0 Å². The third-order valence-electron chi connectivity index (χ3n) is 1.89. The smallest absolute Gasteiger partial charge is 0.383 e. The van der Waals surface area contributed by atoms with Crippen molar-refractivity contribution in [1.82, 2.24) is 9.97 Å². The minimum absolute atomic E-state index is 0.182. The van der Waals surface area contributed by atoms with Crippen molar-refractivity contribution in [3.8, 4) is 0 Å². The number of alkyl halides is 3. The Hall–Kier alpha value is -1.05. The fraction of sp³-hybridized carbons (Fsp3) is 0.500. The lowest BCUT2D eigenvalue weighted by Crippen LogP contribution is -2.25. The standard InChI is InChI=1S/C8H10BrF3N4/c1-16(3-2-8(10,11)12)7-5(9)6(13)14-4-15-7/h4H,2-3H2,1H3,(H2,13,14,15). The van der Waals surface area contributed by atoms with Crippen LogP contribution < -0.4 is 10.6 Å². The zero-order chi connectivity index (χ0) is 12.3. The van der Waals surface area contributed by atoms with Crippen LogP contribution in [0.15, 0.2) is 10.8 Å². The van der Waals surface area contributed by atoms with Gasteiger partial charge in [0.05, 0.1) is 6.42 Å². The fourth-order valence-electron chi connectivity index (χ4n) is 1.04. The van der Waals surface area contributed by atoms with E-state index in [2.05, 4.69) is 25.9 Å². The van der Waals surface area contributed by atoms with E-state index in [0.717, 1.165) is 0 Å². The lowest BCUT2D eigenvalue weighted by Gasteiger charge is -2.20. The van der Waals surface area contributed by atoms with Gasteiger partial charge in [0, 0.05) is 13.6 Å². The van der Waals surface area contributed by atoms with Crippen molar-refractivity contribution in [2.24, 2.45) is 0 Å². The molecule has 0 aliphatic rings. The maximum atomic E-state index is 12.0. The second-order valence-electron chi connectivity index (χ2n) is 3.18. The molecule has 0 spiro atoms. The third kappa shape index (κ3) is 3.51. The van der Waals surface area contributed by atoms with E-state index < -0.39 is 12.6 Å². The third-order valence-corrected chi connectivity index (χ3v) is 2.65. The van der Waals surface area contributed by atoms with E-state index in [1.165, 1.54) is 18.3 Å². The number of halogens is 4. The number of nitrogens with two attached hydrogens (primary N) is 1. The van der Waals surface area contributed by atoms with Gasteiger partial charge in [-0.25, -0.2) is 9.97 Å². The molecular weight excluding hydrogens is 289 g/mol. The second kappa shape index (κ2) is 4.86. The Kier molecular flexibility index (Phi) is 3.95. The van der Waals surface area contributed by atoms with Crippen LogP contribution in [-0.4, -0.2) is 29.7 Å². The Bertz CT molecular complexity index is 369. The largest absolute Gasteiger partial charge is 0.390 e. The molecule has 0 saturated heterocycles. The number of nitrogen functional groups attached to an aromatic ring is 1. The molecule has 0 radical (unpaired) electrons. The Balaban J connectivity index is 2.73. The molecular formula is C8H10BrF3N4. The normalized spacial score (nSPS) is 11.6. The van der Waals surface area contributed by atoms with E-state index in [9.17, 15) is 13.2 Å². The van der Waals surface area contributed by atoms with Crippen LogP contribution in [0.3, 0.4) is 0 Å². The van der Waals surface area contributed by atoms with Crippen molar-refractivity contribution < 1.29 is 13.2 Å². The summed E-state index contributed by atoms with van der Waals surface area (Å²) in [5, 5.41) is 0. The first kappa shape index (κ1) is 13.0. The summed E-state index contributed by atoms with van der Waals surface area (Å²) in [6.07, 6.45) is -3.88. The molecule has 0 unspecified atom stereocenters. The summed E-state index contributed by atoms with van der Waals surface area (Å²) in [7, 11) is 1.51. The van der Waals surface area contributed by atoms with Gasteiger partial charge in [-0.3, -0.25) is 0 Å². The van der Waals surface area contributed by atoms with E-state index in [4.69, 9.17) is 5.73 Å². The molecule has 1 rings (SSSR count). The van der Waals surface area contributed by atoms with E-state index >= 15 is 0 Å². The molecule has 0 amide bonds. The van der Waals surface area contributed by atoms with Gasteiger partial charge in [0.2, 0.25) is 0 Å². The SMILES string of the molecule is CN(CCC(F)(F)F)c1ncnc(N)c1Br. The molecule has 0 aromatic carbocycles. The van der Waals surface area contributed by atoms with Crippen molar-refractivity contribution >= 4 is 27.6 Å². The number of anilines is 2. The van der Waals surface area contributed by atoms with Crippen molar-refractivity contribution in [3.05, 3.63) is 10.8 Å². The van der Waals surface area contributed by atoms with Gasteiger partial charge in [0.15, 0.2) is 0 Å². The zero-order valence-corrected chi connectivity index (χ0v) is 10.0. The number of rotatable bonds is 3. The number of nitrogens with zero attached hydrogens (tertiary/aromatic N) is 3. The van der Waals surface area contributed by atoms with Gasteiger partial charge in [-0.2, -0.15) is 13.2 Å². The molecule has 8 heteroatoms. The van der Waals surface area contributed by atoms with Crippen LogP contribution >= 0.6 is 15.9 Å². The van der Waals surface area contributed by atoms with Crippen molar-refractivity contribution in [2.45, 2.75) is 12.6 Å². The van der Waals surface area contributed by atoms with Crippen molar-refractivity contribution in [2.75, 3.05) is 24.2 Å². The quantitative estimate of drug-likeness (QED) is 0.929. The van der Waals surface area contributed by atoms with Crippen molar-refractivity contribution in [1.29, 1.82) is 0 Å².